The Labute approximate surface area is 93.2 Å². The predicted molar refractivity (Wildman–Crippen MR) is 61.2 cm³/mol. The second-order valence-electron chi connectivity index (χ2n) is 4.08. The lowest BCUT2D eigenvalue weighted by Gasteiger charge is -2.07. The third-order valence-electron chi connectivity index (χ3n) is 2.65. The second-order valence-corrected chi connectivity index (χ2v) is 4.08. The molecule has 2 aromatic rings. The summed E-state index contributed by atoms with van der Waals surface area (Å²) in [4.78, 5) is 12.0. The maximum absolute atomic E-state index is 5.06. The second kappa shape index (κ2) is 3.75. The summed E-state index contributed by atoms with van der Waals surface area (Å²) in [6.07, 6.45) is 4.35. The Morgan fingerprint density at radius 2 is 2.38 bits per heavy atom. The van der Waals surface area contributed by atoms with Crippen LogP contribution in [0.4, 0.5) is 5.82 Å². The monoisotopic (exact) mass is 218 g/mol. The van der Waals surface area contributed by atoms with E-state index < -0.39 is 0 Å². The highest BCUT2D eigenvalue weighted by Gasteiger charge is 2.22. The molecule has 0 atom stereocenters. The third kappa shape index (κ3) is 1.74. The molecule has 0 amide bonds. The molecule has 0 unspecified atom stereocenters. The van der Waals surface area contributed by atoms with Crippen molar-refractivity contribution in [3.8, 4) is 0 Å². The quantitative estimate of drug-likeness (QED) is 0.819. The lowest BCUT2D eigenvalue weighted by Crippen LogP contribution is -2.07. The van der Waals surface area contributed by atoms with Crippen molar-refractivity contribution < 1.29 is 4.74 Å². The zero-order valence-corrected chi connectivity index (χ0v) is 9.16. The van der Waals surface area contributed by atoms with Gasteiger partial charge in [-0.2, -0.15) is 0 Å². The van der Waals surface area contributed by atoms with E-state index in [4.69, 9.17) is 4.74 Å². The van der Waals surface area contributed by atoms with Gasteiger partial charge in [0.1, 0.15) is 18.1 Å². The molecule has 0 aromatic carbocycles. The first-order valence-electron chi connectivity index (χ1n) is 5.46. The van der Waals surface area contributed by atoms with E-state index in [0.717, 1.165) is 16.9 Å². The number of nitrogens with one attached hydrogen (secondary N) is 2. The SMILES string of the molecule is COCc1nc(NC2CC2)c2cc[nH]c2n1. The first-order valence-corrected chi connectivity index (χ1v) is 5.46. The minimum atomic E-state index is 0.439. The summed E-state index contributed by atoms with van der Waals surface area (Å²) in [7, 11) is 1.65. The molecule has 5 heteroatoms. The summed E-state index contributed by atoms with van der Waals surface area (Å²) in [5, 5.41) is 4.47. The standard InChI is InChI=1S/C11H14N4O/c1-16-6-9-14-10-8(4-5-12-10)11(15-9)13-7-2-3-7/h4-5,7H,2-3,6H2,1H3,(H2,12,13,14,15). The Balaban J connectivity index is 2.02. The van der Waals surface area contributed by atoms with E-state index in [0.29, 0.717) is 18.5 Å². The molecule has 2 heterocycles. The number of anilines is 1. The lowest BCUT2D eigenvalue weighted by atomic mass is 10.3. The Morgan fingerprint density at radius 1 is 1.50 bits per heavy atom. The highest BCUT2D eigenvalue weighted by molar-refractivity contribution is 5.87. The molecular weight excluding hydrogens is 204 g/mol. The minimum Gasteiger partial charge on any atom is -0.377 e. The molecule has 0 aliphatic heterocycles. The van der Waals surface area contributed by atoms with E-state index in [9.17, 15) is 0 Å². The van der Waals surface area contributed by atoms with Crippen molar-refractivity contribution in [3.05, 3.63) is 18.1 Å². The summed E-state index contributed by atoms with van der Waals surface area (Å²) in [5.41, 5.74) is 0.866. The number of methoxy groups -OCH3 is 1. The van der Waals surface area contributed by atoms with Crippen LogP contribution in [0.1, 0.15) is 18.7 Å². The number of aromatic nitrogens is 3. The van der Waals surface area contributed by atoms with Crippen LogP contribution in [-0.4, -0.2) is 28.1 Å². The van der Waals surface area contributed by atoms with Crippen LogP contribution in [0.25, 0.3) is 11.0 Å². The van der Waals surface area contributed by atoms with Crippen LogP contribution in [0.3, 0.4) is 0 Å². The van der Waals surface area contributed by atoms with Gasteiger partial charge in [0, 0.05) is 19.3 Å². The molecule has 84 valence electrons. The topological polar surface area (TPSA) is 62.8 Å². The van der Waals surface area contributed by atoms with Gasteiger partial charge >= 0.3 is 0 Å². The molecule has 0 spiro atoms. The van der Waals surface area contributed by atoms with E-state index in [-0.39, 0.29) is 0 Å². The van der Waals surface area contributed by atoms with Crippen LogP contribution < -0.4 is 5.32 Å². The summed E-state index contributed by atoms with van der Waals surface area (Å²) >= 11 is 0. The number of aromatic amines is 1. The normalized spacial score (nSPS) is 15.6. The molecule has 5 nitrogen and oxygen atoms in total. The number of rotatable bonds is 4. The van der Waals surface area contributed by atoms with E-state index in [1.54, 1.807) is 7.11 Å². The first-order chi connectivity index (χ1) is 7.86. The highest BCUT2D eigenvalue weighted by atomic mass is 16.5. The van der Waals surface area contributed by atoms with Gasteiger partial charge < -0.3 is 15.0 Å². The van der Waals surface area contributed by atoms with Gasteiger partial charge in [-0.3, -0.25) is 0 Å². The maximum Gasteiger partial charge on any atom is 0.158 e. The van der Waals surface area contributed by atoms with Gasteiger partial charge in [0.05, 0.1) is 5.39 Å². The van der Waals surface area contributed by atoms with Gasteiger partial charge in [0.2, 0.25) is 0 Å². The molecule has 16 heavy (non-hydrogen) atoms. The van der Waals surface area contributed by atoms with Crippen LogP contribution in [-0.2, 0) is 11.3 Å². The zero-order chi connectivity index (χ0) is 11.0. The predicted octanol–water partition coefficient (Wildman–Crippen LogP) is 1.68. The van der Waals surface area contributed by atoms with Crippen molar-refractivity contribution in [1.29, 1.82) is 0 Å². The van der Waals surface area contributed by atoms with Crippen molar-refractivity contribution in [2.24, 2.45) is 0 Å². The summed E-state index contributed by atoms with van der Waals surface area (Å²) in [6.45, 7) is 0.439. The van der Waals surface area contributed by atoms with E-state index >= 15 is 0 Å². The summed E-state index contributed by atoms with van der Waals surface area (Å²) < 4.78 is 5.06. The van der Waals surface area contributed by atoms with Crippen LogP contribution in [0.2, 0.25) is 0 Å². The van der Waals surface area contributed by atoms with E-state index in [2.05, 4.69) is 20.3 Å². The van der Waals surface area contributed by atoms with Gasteiger partial charge in [-0.25, -0.2) is 9.97 Å². The Bertz CT molecular complexity index is 504. The number of ether oxygens (including phenoxy) is 1. The number of H-pyrrole nitrogens is 1. The Kier molecular flexibility index (Phi) is 2.25. The number of nitrogens with zero attached hydrogens (tertiary/aromatic N) is 2. The average molecular weight is 218 g/mol. The first kappa shape index (κ1) is 9.59. The molecule has 1 fully saturated rings. The molecule has 1 aliphatic rings. The Hall–Kier alpha value is -1.62. The van der Waals surface area contributed by atoms with E-state index in [1.165, 1.54) is 12.8 Å². The fourth-order valence-corrected chi connectivity index (χ4v) is 1.71. The molecular formula is C11H14N4O. The minimum absolute atomic E-state index is 0.439. The molecule has 1 saturated carbocycles. The fourth-order valence-electron chi connectivity index (χ4n) is 1.71. The molecule has 0 radical (unpaired) electrons. The molecule has 1 aliphatic carbocycles. The highest BCUT2D eigenvalue weighted by Crippen LogP contribution is 2.27. The van der Waals surface area contributed by atoms with Crippen molar-refractivity contribution in [2.75, 3.05) is 12.4 Å². The number of hydrogen-bond donors (Lipinski definition) is 2. The van der Waals surface area contributed by atoms with Crippen molar-refractivity contribution in [3.63, 3.8) is 0 Å². The van der Waals surface area contributed by atoms with Gasteiger partial charge in [-0.05, 0) is 18.9 Å². The van der Waals surface area contributed by atoms with Gasteiger partial charge in [-0.1, -0.05) is 0 Å². The molecule has 0 bridgehead atoms. The number of fused-ring (bicyclic) bond motifs is 1. The average Bonchev–Trinajstić information content (AvgIpc) is 2.95. The summed E-state index contributed by atoms with van der Waals surface area (Å²) in [6, 6.07) is 2.58. The van der Waals surface area contributed by atoms with E-state index in [1.807, 2.05) is 12.3 Å². The van der Waals surface area contributed by atoms with Gasteiger partial charge in [-0.15, -0.1) is 0 Å². The van der Waals surface area contributed by atoms with Crippen LogP contribution in [0.15, 0.2) is 12.3 Å². The number of hydrogen-bond acceptors (Lipinski definition) is 4. The molecule has 0 saturated heterocycles. The van der Waals surface area contributed by atoms with Crippen LogP contribution >= 0.6 is 0 Å². The zero-order valence-electron chi connectivity index (χ0n) is 9.16. The fraction of sp³-hybridized carbons (Fsp3) is 0.455. The molecule has 3 rings (SSSR count). The summed E-state index contributed by atoms with van der Waals surface area (Å²) in [5.74, 6) is 1.63. The Morgan fingerprint density at radius 3 is 3.12 bits per heavy atom. The van der Waals surface area contributed by atoms with Gasteiger partial charge in [0.25, 0.3) is 0 Å². The molecule has 2 N–H and O–H groups in total. The van der Waals surface area contributed by atoms with Crippen LogP contribution in [0.5, 0.6) is 0 Å². The van der Waals surface area contributed by atoms with Gasteiger partial charge in [0.15, 0.2) is 5.82 Å². The molecule has 2 aromatic heterocycles. The van der Waals surface area contributed by atoms with Crippen molar-refractivity contribution in [1.82, 2.24) is 15.0 Å². The van der Waals surface area contributed by atoms with Crippen molar-refractivity contribution in [2.45, 2.75) is 25.5 Å². The smallest absolute Gasteiger partial charge is 0.158 e. The maximum atomic E-state index is 5.06. The lowest BCUT2D eigenvalue weighted by molar-refractivity contribution is 0.178. The van der Waals surface area contributed by atoms with Crippen LogP contribution in [0, 0.1) is 0 Å². The largest absolute Gasteiger partial charge is 0.377 e. The van der Waals surface area contributed by atoms with Crippen molar-refractivity contribution >= 4 is 16.9 Å². The third-order valence-corrected chi connectivity index (χ3v) is 2.65.